The van der Waals surface area contributed by atoms with Crippen molar-refractivity contribution in [3.8, 4) is 11.5 Å². The van der Waals surface area contributed by atoms with Crippen molar-refractivity contribution in [1.29, 1.82) is 0 Å². The van der Waals surface area contributed by atoms with Crippen molar-refractivity contribution in [2.24, 2.45) is 5.73 Å². The van der Waals surface area contributed by atoms with Crippen molar-refractivity contribution in [3.63, 3.8) is 0 Å². The van der Waals surface area contributed by atoms with Gasteiger partial charge in [-0.05, 0) is 24.1 Å². The lowest BCUT2D eigenvalue weighted by Gasteiger charge is -2.14. The van der Waals surface area contributed by atoms with Crippen LogP contribution >= 0.6 is 0 Å². The highest BCUT2D eigenvalue weighted by atomic mass is 16.5. The van der Waals surface area contributed by atoms with E-state index in [2.05, 4.69) is 11.7 Å². The number of ether oxygens (including phenoxy) is 3. The first-order chi connectivity index (χ1) is 8.62. The zero-order valence-electron chi connectivity index (χ0n) is 10.9. The van der Waals surface area contributed by atoms with Crippen LogP contribution in [-0.2, 0) is 16.0 Å². The Kier molecular flexibility index (Phi) is 5.45. The molecule has 18 heavy (non-hydrogen) atoms. The van der Waals surface area contributed by atoms with Gasteiger partial charge in [-0.1, -0.05) is 13.0 Å². The third kappa shape index (κ3) is 3.63. The molecule has 1 rings (SSSR count). The van der Waals surface area contributed by atoms with E-state index in [4.69, 9.17) is 15.2 Å². The Hall–Kier alpha value is -1.75. The van der Waals surface area contributed by atoms with Gasteiger partial charge < -0.3 is 19.9 Å². The molecule has 1 aromatic carbocycles. The minimum Gasteiger partial charge on any atom is -0.493 e. The first-order valence-electron chi connectivity index (χ1n) is 5.75. The molecular formula is C13H19NO4. The fraction of sp³-hybridized carbons (Fsp3) is 0.462. The van der Waals surface area contributed by atoms with E-state index < -0.39 is 12.0 Å². The Morgan fingerprint density at radius 2 is 2.06 bits per heavy atom. The average Bonchev–Trinajstić information content (AvgIpc) is 2.43. The molecule has 0 spiro atoms. The largest absolute Gasteiger partial charge is 0.493 e. The Morgan fingerprint density at radius 1 is 1.33 bits per heavy atom. The minimum absolute atomic E-state index is 0.0501. The van der Waals surface area contributed by atoms with Gasteiger partial charge in [-0.3, -0.25) is 4.79 Å². The Balaban J connectivity index is 2.69. The van der Waals surface area contributed by atoms with Crippen LogP contribution in [0.3, 0.4) is 0 Å². The number of methoxy groups -OCH3 is 2. The fourth-order valence-corrected chi connectivity index (χ4v) is 1.45. The van der Waals surface area contributed by atoms with E-state index in [0.29, 0.717) is 11.5 Å². The van der Waals surface area contributed by atoms with Crippen molar-refractivity contribution >= 4 is 5.97 Å². The predicted molar refractivity (Wildman–Crippen MR) is 67.9 cm³/mol. The Bertz CT molecular complexity index is 406. The lowest BCUT2D eigenvalue weighted by atomic mass is 10.1. The molecule has 0 aliphatic rings. The summed E-state index contributed by atoms with van der Waals surface area (Å²) in [6.07, 6.45) is 0.915. The lowest BCUT2D eigenvalue weighted by Crippen LogP contribution is -2.37. The molecule has 0 aliphatic carbocycles. The van der Waals surface area contributed by atoms with Gasteiger partial charge in [0.1, 0.15) is 12.6 Å². The lowest BCUT2D eigenvalue weighted by molar-refractivity contribution is -0.142. The second kappa shape index (κ2) is 6.86. The normalized spacial score (nSPS) is 11.8. The molecule has 5 heteroatoms. The summed E-state index contributed by atoms with van der Waals surface area (Å²) in [4.78, 5) is 11.1. The van der Waals surface area contributed by atoms with Gasteiger partial charge >= 0.3 is 5.97 Å². The number of benzene rings is 1. The van der Waals surface area contributed by atoms with Crippen LogP contribution in [0.5, 0.6) is 11.5 Å². The number of carbonyl (C=O) groups is 1. The molecule has 1 aromatic rings. The molecule has 0 fully saturated rings. The minimum atomic E-state index is -0.800. The maximum atomic E-state index is 11.1. The van der Waals surface area contributed by atoms with Crippen LogP contribution < -0.4 is 15.2 Å². The number of carbonyl (C=O) groups excluding carboxylic acids is 1. The molecule has 5 nitrogen and oxygen atoms in total. The monoisotopic (exact) mass is 253 g/mol. The molecule has 2 N–H and O–H groups in total. The molecule has 0 aromatic heterocycles. The van der Waals surface area contributed by atoms with E-state index in [0.717, 1.165) is 12.0 Å². The first-order valence-corrected chi connectivity index (χ1v) is 5.75. The van der Waals surface area contributed by atoms with Crippen LogP contribution in [0.25, 0.3) is 0 Å². The summed E-state index contributed by atoms with van der Waals surface area (Å²) in [5, 5.41) is 0. The highest BCUT2D eigenvalue weighted by Gasteiger charge is 2.15. The van der Waals surface area contributed by atoms with Crippen molar-refractivity contribution in [3.05, 3.63) is 23.8 Å². The molecule has 0 amide bonds. The molecular weight excluding hydrogens is 234 g/mol. The Morgan fingerprint density at radius 3 is 2.61 bits per heavy atom. The second-order valence-electron chi connectivity index (χ2n) is 3.78. The number of aryl methyl sites for hydroxylation is 1. The molecule has 1 unspecified atom stereocenters. The quantitative estimate of drug-likeness (QED) is 0.770. The highest BCUT2D eigenvalue weighted by Crippen LogP contribution is 2.28. The Labute approximate surface area is 107 Å². The van der Waals surface area contributed by atoms with E-state index in [1.807, 2.05) is 18.2 Å². The summed E-state index contributed by atoms with van der Waals surface area (Å²) < 4.78 is 15.2. The molecule has 0 aliphatic heterocycles. The van der Waals surface area contributed by atoms with Gasteiger partial charge in [-0.15, -0.1) is 0 Å². The number of hydrogen-bond acceptors (Lipinski definition) is 5. The maximum Gasteiger partial charge on any atom is 0.326 e. The molecule has 1 atom stereocenters. The van der Waals surface area contributed by atoms with Crippen LogP contribution in [0, 0.1) is 0 Å². The smallest absolute Gasteiger partial charge is 0.326 e. The summed E-state index contributed by atoms with van der Waals surface area (Å²) in [7, 11) is 2.86. The summed E-state index contributed by atoms with van der Waals surface area (Å²) in [5.74, 6) is 0.694. The molecule has 0 saturated carbocycles. The molecule has 0 heterocycles. The van der Waals surface area contributed by atoms with Crippen molar-refractivity contribution in [2.45, 2.75) is 19.4 Å². The fourth-order valence-electron chi connectivity index (χ4n) is 1.45. The van der Waals surface area contributed by atoms with Gasteiger partial charge in [0.15, 0.2) is 11.5 Å². The van der Waals surface area contributed by atoms with Crippen LogP contribution in [0.15, 0.2) is 18.2 Å². The zero-order valence-corrected chi connectivity index (χ0v) is 10.9. The summed E-state index contributed by atoms with van der Waals surface area (Å²) in [6, 6.07) is 4.85. The van der Waals surface area contributed by atoms with Crippen LogP contribution in [0.2, 0.25) is 0 Å². The number of hydrogen-bond donors (Lipinski definition) is 1. The highest BCUT2D eigenvalue weighted by molar-refractivity contribution is 5.75. The number of esters is 1. The third-order valence-electron chi connectivity index (χ3n) is 2.56. The third-order valence-corrected chi connectivity index (χ3v) is 2.56. The van der Waals surface area contributed by atoms with Crippen LogP contribution in [0.1, 0.15) is 12.5 Å². The van der Waals surface area contributed by atoms with Gasteiger partial charge in [-0.2, -0.15) is 0 Å². The van der Waals surface area contributed by atoms with E-state index >= 15 is 0 Å². The maximum absolute atomic E-state index is 11.1. The summed E-state index contributed by atoms with van der Waals surface area (Å²) in [6.45, 7) is 2.11. The molecule has 0 saturated heterocycles. The number of nitrogens with two attached hydrogens (primary N) is 1. The predicted octanol–water partition coefficient (Wildman–Crippen LogP) is 1.14. The number of rotatable bonds is 6. The first kappa shape index (κ1) is 14.3. The van der Waals surface area contributed by atoms with Crippen molar-refractivity contribution in [2.75, 3.05) is 20.8 Å². The van der Waals surface area contributed by atoms with Crippen LogP contribution in [-0.4, -0.2) is 32.8 Å². The van der Waals surface area contributed by atoms with Crippen LogP contribution in [0.4, 0.5) is 0 Å². The standard InChI is InChI=1S/C13H19NO4/c1-4-9-5-6-11(12(7-9)16-2)18-8-10(14)13(15)17-3/h5-7,10H,4,8,14H2,1-3H3. The van der Waals surface area contributed by atoms with Crippen molar-refractivity contribution in [1.82, 2.24) is 0 Å². The zero-order chi connectivity index (χ0) is 13.5. The second-order valence-corrected chi connectivity index (χ2v) is 3.78. The molecule has 0 radical (unpaired) electrons. The van der Waals surface area contributed by atoms with E-state index in [1.54, 1.807) is 7.11 Å². The van der Waals surface area contributed by atoms with E-state index in [-0.39, 0.29) is 6.61 Å². The van der Waals surface area contributed by atoms with Gasteiger partial charge in [-0.25, -0.2) is 0 Å². The summed E-state index contributed by atoms with van der Waals surface area (Å²) >= 11 is 0. The van der Waals surface area contributed by atoms with Gasteiger partial charge in [0.25, 0.3) is 0 Å². The van der Waals surface area contributed by atoms with Gasteiger partial charge in [0.05, 0.1) is 14.2 Å². The van der Waals surface area contributed by atoms with Gasteiger partial charge in [0, 0.05) is 0 Å². The van der Waals surface area contributed by atoms with Crippen molar-refractivity contribution < 1.29 is 19.0 Å². The topological polar surface area (TPSA) is 70.8 Å². The van der Waals surface area contributed by atoms with Gasteiger partial charge in [0.2, 0.25) is 0 Å². The molecule has 100 valence electrons. The SMILES string of the molecule is CCc1ccc(OCC(N)C(=O)OC)c(OC)c1. The molecule has 0 bridgehead atoms. The van der Waals surface area contributed by atoms with E-state index in [1.165, 1.54) is 7.11 Å². The average molecular weight is 253 g/mol. The summed E-state index contributed by atoms with van der Waals surface area (Å²) in [5.41, 5.74) is 6.73. The van der Waals surface area contributed by atoms with E-state index in [9.17, 15) is 4.79 Å².